The van der Waals surface area contributed by atoms with Crippen LogP contribution in [0.5, 0.6) is 5.75 Å². The van der Waals surface area contributed by atoms with Crippen molar-refractivity contribution in [1.82, 2.24) is 5.32 Å². The molecule has 1 rings (SSSR count). The highest BCUT2D eigenvalue weighted by Gasteiger charge is 1.97. The third kappa shape index (κ3) is 7.78. The number of hydrogen-bond donors (Lipinski definition) is 1. The van der Waals surface area contributed by atoms with Crippen LogP contribution in [-0.2, 0) is 11.3 Å². The largest absolute Gasteiger partial charge is 0.479 e. The summed E-state index contributed by atoms with van der Waals surface area (Å²) in [6.07, 6.45) is 2.51. The van der Waals surface area contributed by atoms with Crippen molar-refractivity contribution in [3.05, 3.63) is 29.8 Å². The molecule has 0 unspecified atom stereocenters. The number of ether oxygens (including phenoxy) is 2. The molecule has 4 nitrogen and oxygen atoms in total. The van der Waals surface area contributed by atoms with Gasteiger partial charge in [-0.15, -0.1) is 0 Å². The summed E-state index contributed by atoms with van der Waals surface area (Å²) in [5.74, 6) is 0.746. The normalized spacial score (nSPS) is 10.5. The van der Waals surface area contributed by atoms with Crippen LogP contribution in [0.1, 0.15) is 32.3 Å². The van der Waals surface area contributed by atoms with Crippen LogP contribution < -0.4 is 10.1 Å². The first-order valence-electron chi connectivity index (χ1n) is 7.13. The minimum Gasteiger partial charge on any atom is -0.479 e. The average Bonchev–Trinajstić information content (AvgIpc) is 2.44. The number of nitriles is 1. The molecular formula is C16H24N2O2. The van der Waals surface area contributed by atoms with Gasteiger partial charge in [0.05, 0.1) is 6.10 Å². The summed E-state index contributed by atoms with van der Waals surface area (Å²) in [7, 11) is 0. The molecule has 20 heavy (non-hydrogen) atoms. The highest BCUT2D eigenvalue weighted by molar-refractivity contribution is 5.28. The van der Waals surface area contributed by atoms with E-state index < -0.39 is 0 Å². The zero-order valence-corrected chi connectivity index (χ0v) is 12.4. The minimum absolute atomic E-state index is 0.0900. The number of benzene rings is 1. The average molecular weight is 276 g/mol. The van der Waals surface area contributed by atoms with Crippen molar-refractivity contribution in [3.63, 3.8) is 0 Å². The summed E-state index contributed by atoms with van der Waals surface area (Å²) in [6, 6.07) is 9.79. The van der Waals surface area contributed by atoms with Gasteiger partial charge in [0.25, 0.3) is 0 Å². The molecule has 0 radical (unpaired) electrons. The third-order valence-corrected chi connectivity index (χ3v) is 2.73. The summed E-state index contributed by atoms with van der Waals surface area (Å²) in [5.41, 5.74) is 1.17. The zero-order chi connectivity index (χ0) is 14.6. The van der Waals surface area contributed by atoms with Crippen molar-refractivity contribution in [1.29, 1.82) is 5.26 Å². The molecule has 0 fully saturated rings. The van der Waals surface area contributed by atoms with Gasteiger partial charge in [-0.3, -0.25) is 0 Å². The first-order valence-corrected chi connectivity index (χ1v) is 7.13. The summed E-state index contributed by atoms with van der Waals surface area (Å²) in [5, 5.41) is 11.9. The van der Waals surface area contributed by atoms with Crippen LogP contribution in [0.3, 0.4) is 0 Å². The van der Waals surface area contributed by atoms with Crippen molar-refractivity contribution in [2.45, 2.75) is 39.3 Å². The maximum Gasteiger partial charge on any atom is 0.174 e. The van der Waals surface area contributed by atoms with Gasteiger partial charge < -0.3 is 14.8 Å². The van der Waals surface area contributed by atoms with Crippen LogP contribution in [0.25, 0.3) is 0 Å². The lowest BCUT2D eigenvalue weighted by molar-refractivity contribution is 0.0760. The first kappa shape index (κ1) is 16.5. The molecule has 1 aromatic carbocycles. The van der Waals surface area contributed by atoms with Gasteiger partial charge in [0.2, 0.25) is 0 Å². The summed E-state index contributed by atoms with van der Waals surface area (Å²) in [6.45, 7) is 6.82. The van der Waals surface area contributed by atoms with E-state index in [0.29, 0.717) is 6.10 Å². The summed E-state index contributed by atoms with van der Waals surface area (Å²) < 4.78 is 10.8. The predicted molar refractivity (Wildman–Crippen MR) is 79.6 cm³/mol. The Labute approximate surface area is 121 Å². The Morgan fingerprint density at radius 2 is 2.15 bits per heavy atom. The van der Waals surface area contributed by atoms with E-state index in [1.54, 1.807) is 0 Å². The molecule has 0 heterocycles. The SMILES string of the molecule is CC(C)OCCCCNCc1cccc(OCC#N)c1. The van der Waals surface area contributed by atoms with E-state index in [0.717, 1.165) is 38.3 Å². The van der Waals surface area contributed by atoms with Crippen LogP contribution in [0, 0.1) is 11.3 Å². The monoisotopic (exact) mass is 276 g/mol. The summed E-state index contributed by atoms with van der Waals surface area (Å²) >= 11 is 0. The molecule has 0 aliphatic rings. The third-order valence-electron chi connectivity index (χ3n) is 2.73. The molecule has 0 aliphatic carbocycles. The van der Waals surface area contributed by atoms with Gasteiger partial charge in [-0.2, -0.15) is 5.26 Å². The Bertz CT molecular complexity index is 413. The van der Waals surface area contributed by atoms with Gasteiger partial charge >= 0.3 is 0 Å². The van der Waals surface area contributed by atoms with Crippen LogP contribution in [0.15, 0.2) is 24.3 Å². The Hall–Kier alpha value is -1.57. The Kier molecular flexibility index (Phi) is 8.44. The smallest absolute Gasteiger partial charge is 0.174 e. The molecule has 1 N–H and O–H groups in total. The maximum absolute atomic E-state index is 8.48. The van der Waals surface area contributed by atoms with Gasteiger partial charge in [0.15, 0.2) is 6.61 Å². The number of hydrogen-bond acceptors (Lipinski definition) is 4. The molecule has 0 saturated carbocycles. The predicted octanol–water partition coefficient (Wildman–Crippen LogP) is 2.88. The lowest BCUT2D eigenvalue weighted by atomic mass is 10.2. The molecule has 110 valence electrons. The topological polar surface area (TPSA) is 54.3 Å². The number of rotatable bonds is 10. The molecular weight excluding hydrogens is 252 g/mol. The van der Waals surface area contributed by atoms with Gasteiger partial charge in [-0.1, -0.05) is 12.1 Å². The van der Waals surface area contributed by atoms with E-state index >= 15 is 0 Å². The van der Waals surface area contributed by atoms with Crippen molar-refractivity contribution >= 4 is 0 Å². The number of unbranched alkanes of at least 4 members (excludes halogenated alkanes) is 1. The standard InChI is InChI=1S/C16H24N2O2/c1-14(2)19-10-4-3-9-18-13-15-6-5-7-16(12-15)20-11-8-17/h5-7,12,14,18H,3-4,9-11,13H2,1-2H3. The molecule has 0 atom stereocenters. The molecule has 0 aromatic heterocycles. The van der Waals surface area contributed by atoms with Gasteiger partial charge in [-0.25, -0.2) is 0 Å². The van der Waals surface area contributed by atoms with E-state index in [4.69, 9.17) is 14.7 Å². The van der Waals surface area contributed by atoms with E-state index in [1.165, 1.54) is 5.56 Å². The van der Waals surface area contributed by atoms with Crippen molar-refractivity contribution in [2.75, 3.05) is 19.8 Å². The van der Waals surface area contributed by atoms with Crippen molar-refractivity contribution in [3.8, 4) is 11.8 Å². The second kappa shape index (κ2) is 10.2. The molecule has 0 bridgehead atoms. The highest BCUT2D eigenvalue weighted by Crippen LogP contribution is 2.12. The molecule has 0 spiro atoms. The summed E-state index contributed by atoms with van der Waals surface area (Å²) in [4.78, 5) is 0. The quantitative estimate of drug-likeness (QED) is 0.668. The van der Waals surface area contributed by atoms with Crippen LogP contribution in [-0.4, -0.2) is 25.9 Å². The van der Waals surface area contributed by atoms with Gasteiger partial charge in [0, 0.05) is 13.2 Å². The number of nitrogens with zero attached hydrogens (tertiary/aromatic N) is 1. The molecule has 0 aliphatic heterocycles. The Morgan fingerprint density at radius 3 is 2.90 bits per heavy atom. The maximum atomic E-state index is 8.48. The fraction of sp³-hybridized carbons (Fsp3) is 0.562. The van der Waals surface area contributed by atoms with Gasteiger partial charge in [0.1, 0.15) is 11.8 Å². The molecule has 1 aromatic rings. The van der Waals surface area contributed by atoms with Crippen LogP contribution >= 0.6 is 0 Å². The zero-order valence-electron chi connectivity index (χ0n) is 12.4. The van der Waals surface area contributed by atoms with E-state index in [1.807, 2.05) is 30.3 Å². The fourth-order valence-corrected chi connectivity index (χ4v) is 1.76. The fourth-order valence-electron chi connectivity index (χ4n) is 1.76. The second-order valence-corrected chi connectivity index (χ2v) is 4.90. The highest BCUT2D eigenvalue weighted by atomic mass is 16.5. The molecule has 0 saturated heterocycles. The number of nitrogens with one attached hydrogen (secondary N) is 1. The van der Waals surface area contributed by atoms with Gasteiger partial charge in [-0.05, 0) is 50.9 Å². The lowest BCUT2D eigenvalue weighted by Crippen LogP contribution is -2.15. The van der Waals surface area contributed by atoms with Crippen molar-refractivity contribution < 1.29 is 9.47 Å². The minimum atomic E-state index is 0.0900. The van der Waals surface area contributed by atoms with E-state index in [-0.39, 0.29) is 6.61 Å². The van der Waals surface area contributed by atoms with E-state index in [9.17, 15) is 0 Å². The van der Waals surface area contributed by atoms with E-state index in [2.05, 4.69) is 19.2 Å². The molecule has 0 amide bonds. The Balaban J connectivity index is 2.14. The van der Waals surface area contributed by atoms with Crippen molar-refractivity contribution in [2.24, 2.45) is 0 Å². The lowest BCUT2D eigenvalue weighted by Gasteiger charge is -2.08. The van der Waals surface area contributed by atoms with Crippen LogP contribution in [0.2, 0.25) is 0 Å². The second-order valence-electron chi connectivity index (χ2n) is 4.90. The van der Waals surface area contributed by atoms with Crippen LogP contribution in [0.4, 0.5) is 0 Å². The first-order chi connectivity index (χ1) is 9.72. The molecule has 4 heteroatoms. The Morgan fingerprint density at radius 1 is 1.30 bits per heavy atom.